The molecular formula is C23H17N3O3S. The number of carbonyl (C=O) groups is 2. The van der Waals surface area contributed by atoms with Gasteiger partial charge in [-0.1, -0.05) is 36.4 Å². The first-order valence-corrected chi connectivity index (χ1v) is 10.0. The third kappa shape index (κ3) is 4.89. The first-order chi connectivity index (χ1) is 14.7. The third-order valence-electron chi connectivity index (χ3n) is 4.08. The Labute approximate surface area is 177 Å². The molecule has 1 heterocycles. The van der Waals surface area contributed by atoms with Crippen LogP contribution in [0.3, 0.4) is 0 Å². The average Bonchev–Trinajstić information content (AvgIpc) is 3.25. The maximum absolute atomic E-state index is 12.4. The van der Waals surface area contributed by atoms with Crippen LogP contribution in [0.5, 0.6) is 11.5 Å². The number of thiazole rings is 1. The van der Waals surface area contributed by atoms with Gasteiger partial charge in [-0.2, -0.15) is 0 Å². The van der Waals surface area contributed by atoms with Gasteiger partial charge < -0.3 is 10.1 Å². The van der Waals surface area contributed by atoms with Crippen LogP contribution in [-0.4, -0.2) is 16.8 Å². The van der Waals surface area contributed by atoms with Gasteiger partial charge in [0.2, 0.25) is 0 Å². The van der Waals surface area contributed by atoms with Gasteiger partial charge in [-0.15, -0.1) is 11.3 Å². The van der Waals surface area contributed by atoms with E-state index in [4.69, 9.17) is 4.74 Å². The van der Waals surface area contributed by atoms with Crippen LogP contribution in [0.25, 0.3) is 0 Å². The van der Waals surface area contributed by atoms with Gasteiger partial charge in [-0.3, -0.25) is 14.9 Å². The molecule has 0 unspecified atom stereocenters. The molecule has 0 saturated carbocycles. The van der Waals surface area contributed by atoms with Crippen LogP contribution in [-0.2, 0) is 0 Å². The number of ether oxygens (including phenoxy) is 1. The van der Waals surface area contributed by atoms with Crippen LogP contribution in [0.2, 0.25) is 0 Å². The molecule has 1 aromatic heterocycles. The van der Waals surface area contributed by atoms with Crippen molar-refractivity contribution >= 4 is 34.0 Å². The number of aromatic nitrogens is 1. The number of rotatable bonds is 6. The highest BCUT2D eigenvalue weighted by atomic mass is 32.1. The van der Waals surface area contributed by atoms with Gasteiger partial charge in [0.05, 0.1) is 0 Å². The van der Waals surface area contributed by atoms with Gasteiger partial charge in [0.25, 0.3) is 11.8 Å². The minimum atomic E-state index is -0.358. The summed E-state index contributed by atoms with van der Waals surface area (Å²) in [5.41, 5.74) is 1.37. The summed E-state index contributed by atoms with van der Waals surface area (Å²) in [4.78, 5) is 28.8. The van der Waals surface area contributed by atoms with E-state index in [1.165, 1.54) is 11.3 Å². The molecule has 0 fully saturated rings. The van der Waals surface area contributed by atoms with Crippen molar-refractivity contribution in [2.45, 2.75) is 0 Å². The van der Waals surface area contributed by atoms with Gasteiger partial charge in [0.1, 0.15) is 17.2 Å². The van der Waals surface area contributed by atoms with Crippen molar-refractivity contribution in [3.8, 4) is 11.5 Å². The van der Waals surface area contributed by atoms with Crippen molar-refractivity contribution in [3.05, 3.63) is 102 Å². The molecule has 6 nitrogen and oxygen atoms in total. The Morgan fingerprint density at radius 3 is 2.07 bits per heavy atom. The van der Waals surface area contributed by atoms with Crippen LogP contribution in [0.4, 0.5) is 10.8 Å². The monoisotopic (exact) mass is 415 g/mol. The zero-order valence-corrected chi connectivity index (χ0v) is 16.6. The molecule has 4 aromatic rings. The number of benzene rings is 3. The SMILES string of the molecule is O=C(Nc1nc(C(=O)Nc2ccc(Oc3ccccc3)cc2)cs1)c1ccccc1. The molecule has 0 aliphatic carbocycles. The molecule has 30 heavy (non-hydrogen) atoms. The van der Waals surface area contributed by atoms with E-state index in [2.05, 4.69) is 15.6 Å². The molecule has 0 bridgehead atoms. The maximum atomic E-state index is 12.4. The fourth-order valence-corrected chi connectivity index (χ4v) is 3.31. The van der Waals surface area contributed by atoms with Crippen LogP contribution >= 0.6 is 11.3 Å². The van der Waals surface area contributed by atoms with E-state index < -0.39 is 0 Å². The second-order valence-electron chi connectivity index (χ2n) is 6.25. The predicted octanol–water partition coefficient (Wildman–Crippen LogP) is 5.44. The summed E-state index contributed by atoms with van der Waals surface area (Å²) in [6, 6.07) is 25.3. The van der Waals surface area contributed by atoms with Gasteiger partial charge in [0, 0.05) is 16.6 Å². The molecule has 148 valence electrons. The van der Waals surface area contributed by atoms with E-state index in [1.54, 1.807) is 53.9 Å². The number of nitrogens with zero attached hydrogens (tertiary/aromatic N) is 1. The van der Waals surface area contributed by atoms with E-state index in [0.29, 0.717) is 22.1 Å². The van der Waals surface area contributed by atoms with E-state index in [1.807, 2.05) is 36.4 Å². The number of amides is 2. The molecule has 0 spiro atoms. The van der Waals surface area contributed by atoms with Crippen molar-refractivity contribution in [3.63, 3.8) is 0 Å². The Morgan fingerprint density at radius 2 is 1.37 bits per heavy atom. The van der Waals surface area contributed by atoms with E-state index in [-0.39, 0.29) is 17.5 Å². The van der Waals surface area contributed by atoms with Crippen molar-refractivity contribution in [2.24, 2.45) is 0 Å². The summed E-state index contributed by atoms with van der Waals surface area (Å²) in [6.07, 6.45) is 0. The maximum Gasteiger partial charge on any atom is 0.275 e. The highest BCUT2D eigenvalue weighted by Crippen LogP contribution is 2.23. The van der Waals surface area contributed by atoms with Crippen LogP contribution in [0.1, 0.15) is 20.8 Å². The second kappa shape index (κ2) is 9.02. The molecule has 2 N–H and O–H groups in total. The third-order valence-corrected chi connectivity index (χ3v) is 4.84. The minimum Gasteiger partial charge on any atom is -0.457 e. The summed E-state index contributed by atoms with van der Waals surface area (Å²) in [5.74, 6) is 0.773. The van der Waals surface area contributed by atoms with Crippen molar-refractivity contribution in [1.82, 2.24) is 4.98 Å². The minimum absolute atomic E-state index is 0.230. The topological polar surface area (TPSA) is 80.3 Å². The summed E-state index contributed by atoms with van der Waals surface area (Å²) in [5, 5.41) is 7.45. The largest absolute Gasteiger partial charge is 0.457 e. The number of para-hydroxylation sites is 1. The quantitative estimate of drug-likeness (QED) is 0.439. The van der Waals surface area contributed by atoms with Gasteiger partial charge in [-0.25, -0.2) is 4.98 Å². The summed E-state index contributed by atoms with van der Waals surface area (Å²) >= 11 is 1.19. The van der Waals surface area contributed by atoms with E-state index >= 15 is 0 Å². The molecule has 0 atom stereocenters. The molecule has 3 aromatic carbocycles. The van der Waals surface area contributed by atoms with Gasteiger partial charge in [0.15, 0.2) is 5.13 Å². The summed E-state index contributed by atoms with van der Waals surface area (Å²) in [7, 11) is 0. The fraction of sp³-hybridized carbons (Fsp3) is 0. The lowest BCUT2D eigenvalue weighted by molar-refractivity contribution is 0.101. The molecular weight excluding hydrogens is 398 g/mol. The number of nitrogens with one attached hydrogen (secondary N) is 2. The van der Waals surface area contributed by atoms with E-state index in [9.17, 15) is 9.59 Å². The van der Waals surface area contributed by atoms with Crippen molar-refractivity contribution in [2.75, 3.05) is 10.6 Å². The lowest BCUT2D eigenvalue weighted by Gasteiger charge is -2.07. The Hall–Kier alpha value is -3.97. The fourth-order valence-electron chi connectivity index (χ4n) is 2.62. The van der Waals surface area contributed by atoms with Crippen molar-refractivity contribution in [1.29, 1.82) is 0 Å². The van der Waals surface area contributed by atoms with Crippen LogP contribution in [0, 0.1) is 0 Å². The normalized spacial score (nSPS) is 10.3. The first kappa shape index (κ1) is 19.4. The van der Waals surface area contributed by atoms with Gasteiger partial charge >= 0.3 is 0 Å². The summed E-state index contributed by atoms with van der Waals surface area (Å²) in [6.45, 7) is 0. The molecule has 0 saturated heterocycles. The van der Waals surface area contributed by atoms with Crippen molar-refractivity contribution < 1.29 is 14.3 Å². The predicted molar refractivity (Wildman–Crippen MR) is 117 cm³/mol. The lowest BCUT2D eigenvalue weighted by Crippen LogP contribution is -2.14. The Kier molecular flexibility index (Phi) is 5.82. The smallest absolute Gasteiger partial charge is 0.275 e. The Bertz CT molecular complexity index is 1140. The lowest BCUT2D eigenvalue weighted by atomic mass is 10.2. The molecule has 7 heteroatoms. The Balaban J connectivity index is 1.35. The van der Waals surface area contributed by atoms with Gasteiger partial charge in [-0.05, 0) is 48.5 Å². The highest BCUT2D eigenvalue weighted by molar-refractivity contribution is 7.14. The second-order valence-corrected chi connectivity index (χ2v) is 7.11. The zero-order chi connectivity index (χ0) is 20.8. The zero-order valence-electron chi connectivity index (χ0n) is 15.7. The highest BCUT2D eigenvalue weighted by Gasteiger charge is 2.13. The van der Waals surface area contributed by atoms with E-state index in [0.717, 1.165) is 5.75 Å². The molecule has 0 aliphatic rings. The van der Waals surface area contributed by atoms with Crippen LogP contribution in [0.15, 0.2) is 90.3 Å². The molecule has 2 amide bonds. The molecule has 4 rings (SSSR count). The number of anilines is 2. The molecule has 0 aliphatic heterocycles. The standard InChI is InChI=1S/C23H17N3O3S/c27-21(16-7-3-1-4-8-16)26-23-25-20(15-30-23)22(28)24-17-11-13-19(14-12-17)29-18-9-5-2-6-10-18/h1-15H,(H,24,28)(H,25,26,27). The Morgan fingerprint density at radius 1 is 0.733 bits per heavy atom. The number of carbonyl (C=O) groups excluding carboxylic acids is 2. The van der Waals surface area contributed by atoms with Crippen LogP contribution < -0.4 is 15.4 Å². The number of hydrogen-bond acceptors (Lipinski definition) is 5. The molecule has 0 radical (unpaired) electrons. The number of hydrogen-bond donors (Lipinski definition) is 2. The first-order valence-electron chi connectivity index (χ1n) is 9.13. The summed E-state index contributed by atoms with van der Waals surface area (Å²) < 4.78 is 5.74. The average molecular weight is 415 g/mol.